The van der Waals surface area contributed by atoms with Gasteiger partial charge in [-0.15, -0.1) is 24.9 Å². The van der Waals surface area contributed by atoms with Gasteiger partial charge in [0.2, 0.25) is 0 Å². The van der Waals surface area contributed by atoms with E-state index in [9.17, 15) is 0 Å². The average molecular weight is 238 g/mol. The van der Waals surface area contributed by atoms with Crippen molar-refractivity contribution in [3.8, 4) is 0 Å². The average Bonchev–Trinajstić information content (AvgIpc) is 2.23. The van der Waals surface area contributed by atoms with E-state index in [1.165, 1.54) is 0 Å². The summed E-state index contributed by atoms with van der Waals surface area (Å²) in [6, 6.07) is 1.99. The van der Waals surface area contributed by atoms with Gasteiger partial charge in [-0.2, -0.15) is 0 Å². The predicted molar refractivity (Wildman–Crippen MR) is 68.6 cm³/mol. The van der Waals surface area contributed by atoms with Gasteiger partial charge >= 0.3 is 0 Å². The van der Waals surface area contributed by atoms with Crippen LogP contribution in [-0.2, 0) is 0 Å². The summed E-state index contributed by atoms with van der Waals surface area (Å²) >= 11 is 3.28. The lowest BCUT2D eigenvalue weighted by Gasteiger charge is -2.03. The Labute approximate surface area is 99.3 Å². The zero-order chi connectivity index (χ0) is 11.1. The maximum absolute atomic E-state index is 4.43. The van der Waals surface area contributed by atoms with E-state index in [1.54, 1.807) is 23.5 Å². The van der Waals surface area contributed by atoms with E-state index < -0.39 is 0 Å². The van der Waals surface area contributed by atoms with Crippen molar-refractivity contribution in [2.75, 3.05) is 11.5 Å². The Morgan fingerprint density at radius 1 is 1.20 bits per heavy atom. The molecule has 0 aliphatic carbocycles. The minimum atomic E-state index is 0.821. The van der Waals surface area contributed by atoms with Crippen LogP contribution in [0.2, 0.25) is 0 Å². The fourth-order valence-electron chi connectivity index (χ4n) is 0.930. The van der Waals surface area contributed by atoms with Crippen LogP contribution in [-0.4, -0.2) is 21.5 Å². The maximum Gasteiger partial charge on any atom is 0.189 e. The molecule has 1 heterocycles. The van der Waals surface area contributed by atoms with Crippen molar-refractivity contribution < 1.29 is 0 Å². The molecule has 0 saturated heterocycles. The van der Waals surface area contributed by atoms with Gasteiger partial charge in [-0.1, -0.05) is 23.9 Å². The third kappa shape index (κ3) is 4.53. The Morgan fingerprint density at radius 3 is 2.53 bits per heavy atom. The number of aryl methyl sites for hydroxylation is 1. The van der Waals surface area contributed by atoms with Gasteiger partial charge in [0.05, 0.1) is 0 Å². The quantitative estimate of drug-likeness (QED) is 0.328. The third-order valence-corrected chi connectivity index (χ3v) is 3.24. The molecule has 0 unspecified atom stereocenters. The molecule has 0 amide bonds. The van der Waals surface area contributed by atoms with E-state index >= 15 is 0 Å². The summed E-state index contributed by atoms with van der Waals surface area (Å²) in [4.78, 5) is 8.77. The molecule has 1 aromatic rings. The Balaban J connectivity index is 2.74. The molecule has 1 rings (SSSR count). The Kier molecular flexibility index (Phi) is 5.50. The SMILES string of the molecule is C=CCSc1cc(C)nc(SCC=C)n1. The third-order valence-electron chi connectivity index (χ3n) is 1.49. The number of hydrogen-bond donors (Lipinski definition) is 0. The zero-order valence-corrected chi connectivity index (χ0v) is 10.4. The summed E-state index contributed by atoms with van der Waals surface area (Å²) in [5.74, 6) is 1.72. The highest BCUT2D eigenvalue weighted by atomic mass is 32.2. The molecule has 0 fully saturated rings. The second-order valence-corrected chi connectivity index (χ2v) is 4.86. The molecule has 4 heteroatoms. The normalized spacial score (nSPS) is 9.93. The predicted octanol–water partition coefficient (Wildman–Crippen LogP) is 3.34. The van der Waals surface area contributed by atoms with Gasteiger partial charge in [-0.3, -0.25) is 0 Å². The summed E-state index contributed by atoms with van der Waals surface area (Å²) in [5.41, 5.74) is 1.00. The number of nitrogens with zero attached hydrogens (tertiary/aromatic N) is 2. The molecule has 0 saturated carbocycles. The molecular formula is C11H14N2S2. The Bertz CT molecular complexity index is 320. The van der Waals surface area contributed by atoms with E-state index in [0.29, 0.717) is 0 Å². The largest absolute Gasteiger partial charge is 0.228 e. The number of aromatic nitrogens is 2. The standard InChI is InChI=1S/C11H14N2S2/c1-4-6-14-10-8-9(3)12-11(13-10)15-7-5-2/h4-5,8H,1-2,6-7H2,3H3. The van der Waals surface area contributed by atoms with Crippen LogP contribution >= 0.6 is 23.5 Å². The van der Waals surface area contributed by atoms with E-state index in [-0.39, 0.29) is 0 Å². The molecule has 0 bridgehead atoms. The molecular weight excluding hydrogens is 224 g/mol. The fourth-order valence-corrected chi connectivity index (χ4v) is 2.32. The molecule has 0 aromatic carbocycles. The Morgan fingerprint density at radius 2 is 1.87 bits per heavy atom. The van der Waals surface area contributed by atoms with Crippen molar-refractivity contribution in [2.24, 2.45) is 0 Å². The zero-order valence-electron chi connectivity index (χ0n) is 8.77. The highest BCUT2D eigenvalue weighted by Gasteiger charge is 2.01. The van der Waals surface area contributed by atoms with Gasteiger partial charge in [0.15, 0.2) is 5.16 Å². The van der Waals surface area contributed by atoms with Gasteiger partial charge in [-0.25, -0.2) is 9.97 Å². The molecule has 0 atom stereocenters. The van der Waals surface area contributed by atoms with Crippen LogP contribution in [0.4, 0.5) is 0 Å². The van der Waals surface area contributed by atoms with Crippen molar-refractivity contribution in [1.29, 1.82) is 0 Å². The van der Waals surface area contributed by atoms with Crippen molar-refractivity contribution in [3.05, 3.63) is 37.1 Å². The van der Waals surface area contributed by atoms with Crippen LogP contribution in [0.25, 0.3) is 0 Å². The number of thioether (sulfide) groups is 2. The molecule has 2 nitrogen and oxygen atoms in total. The molecule has 15 heavy (non-hydrogen) atoms. The summed E-state index contributed by atoms with van der Waals surface area (Å²) in [7, 11) is 0. The summed E-state index contributed by atoms with van der Waals surface area (Å²) in [6.07, 6.45) is 3.73. The summed E-state index contributed by atoms with van der Waals surface area (Å²) in [5, 5.41) is 1.83. The van der Waals surface area contributed by atoms with Crippen LogP contribution in [0.15, 0.2) is 41.6 Å². The Hall–Kier alpha value is -0.740. The summed E-state index contributed by atoms with van der Waals surface area (Å²) < 4.78 is 0. The van der Waals surface area contributed by atoms with Crippen molar-refractivity contribution in [1.82, 2.24) is 9.97 Å². The lowest BCUT2D eigenvalue weighted by Crippen LogP contribution is -1.92. The monoisotopic (exact) mass is 238 g/mol. The van der Waals surface area contributed by atoms with Crippen LogP contribution in [0, 0.1) is 6.92 Å². The molecule has 0 radical (unpaired) electrons. The van der Waals surface area contributed by atoms with Crippen LogP contribution < -0.4 is 0 Å². The first-order chi connectivity index (χ1) is 7.26. The molecule has 0 spiro atoms. The second-order valence-electron chi connectivity index (χ2n) is 2.83. The number of hydrogen-bond acceptors (Lipinski definition) is 4. The van der Waals surface area contributed by atoms with E-state index in [0.717, 1.165) is 27.4 Å². The summed E-state index contributed by atoms with van der Waals surface area (Å²) in [6.45, 7) is 9.35. The fraction of sp³-hybridized carbons (Fsp3) is 0.273. The lowest BCUT2D eigenvalue weighted by molar-refractivity contribution is 0.866. The van der Waals surface area contributed by atoms with E-state index in [4.69, 9.17) is 0 Å². The van der Waals surface area contributed by atoms with Gasteiger partial charge in [0, 0.05) is 17.2 Å². The minimum absolute atomic E-state index is 0.821. The molecule has 80 valence electrons. The highest BCUT2D eigenvalue weighted by molar-refractivity contribution is 8.00. The van der Waals surface area contributed by atoms with Crippen molar-refractivity contribution >= 4 is 23.5 Å². The van der Waals surface area contributed by atoms with Crippen LogP contribution in [0.5, 0.6) is 0 Å². The van der Waals surface area contributed by atoms with Crippen molar-refractivity contribution in [3.63, 3.8) is 0 Å². The van der Waals surface area contributed by atoms with Crippen molar-refractivity contribution in [2.45, 2.75) is 17.1 Å². The maximum atomic E-state index is 4.43. The highest BCUT2D eigenvalue weighted by Crippen LogP contribution is 2.20. The number of rotatable bonds is 6. The molecule has 0 aliphatic heterocycles. The molecule has 1 aromatic heterocycles. The van der Waals surface area contributed by atoms with Crippen LogP contribution in [0.1, 0.15) is 5.69 Å². The molecule has 0 aliphatic rings. The van der Waals surface area contributed by atoms with E-state index in [2.05, 4.69) is 23.1 Å². The smallest absolute Gasteiger partial charge is 0.189 e. The van der Waals surface area contributed by atoms with Gasteiger partial charge in [-0.05, 0) is 13.0 Å². The van der Waals surface area contributed by atoms with Gasteiger partial charge < -0.3 is 0 Å². The minimum Gasteiger partial charge on any atom is -0.228 e. The first kappa shape index (κ1) is 12.3. The topological polar surface area (TPSA) is 25.8 Å². The molecule has 0 N–H and O–H groups in total. The van der Waals surface area contributed by atoms with E-state index in [1.807, 2.05) is 25.1 Å². The van der Waals surface area contributed by atoms with Gasteiger partial charge in [0.1, 0.15) is 5.03 Å². The van der Waals surface area contributed by atoms with Gasteiger partial charge in [0.25, 0.3) is 0 Å². The first-order valence-corrected chi connectivity index (χ1v) is 6.56. The first-order valence-electron chi connectivity index (χ1n) is 4.59. The van der Waals surface area contributed by atoms with Crippen LogP contribution in [0.3, 0.4) is 0 Å². The second kappa shape index (κ2) is 6.69. The lowest BCUT2D eigenvalue weighted by atomic mass is 10.5.